The Morgan fingerprint density at radius 3 is 2.65 bits per heavy atom. The first kappa shape index (κ1) is 21.2. The largest absolute Gasteiger partial charge is 0.497 e. The molecule has 0 spiro atoms. The van der Waals surface area contributed by atoms with Crippen LogP contribution in [0.5, 0.6) is 5.75 Å². The highest BCUT2D eigenvalue weighted by molar-refractivity contribution is 5.90. The number of anilines is 1. The Labute approximate surface area is 183 Å². The van der Waals surface area contributed by atoms with E-state index in [9.17, 15) is 9.59 Å². The number of urea groups is 1. The van der Waals surface area contributed by atoms with Gasteiger partial charge in [0.1, 0.15) is 5.75 Å². The number of likely N-dealkylation sites (tertiary alicyclic amines) is 1. The summed E-state index contributed by atoms with van der Waals surface area (Å²) in [6.45, 7) is 2.22. The van der Waals surface area contributed by atoms with Crippen LogP contribution in [-0.2, 0) is 11.2 Å². The molecule has 4 rings (SSSR count). The van der Waals surface area contributed by atoms with E-state index in [1.165, 1.54) is 11.1 Å². The fraction of sp³-hybridized carbons (Fsp3) is 0.417. The van der Waals surface area contributed by atoms with Gasteiger partial charge in [0.05, 0.1) is 7.11 Å². The maximum absolute atomic E-state index is 12.7. The second-order valence-corrected chi connectivity index (χ2v) is 8.42. The number of hydrogen-bond acceptors (Lipinski definition) is 4. The van der Waals surface area contributed by atoms with Crippen LogP contribution in [0, 0.1) is 0 Å². The van der Waals surface area contributed by atoms with Gasteiger partial charge in [-0.3, -0.25) is 9.69 Å². The van der Waals surface area contributed by atoms with Crippen LogP contribution in [0.4, 0.5) is 10.5 Å². The standard InChI is InChI=1S/C24H30N4O3/c1-26(2)23(29)14-22-21-10-5-4-7-17(21)11-12-28(22)19-15-27(16-19)24(30)25-18-8-6-9-20(13-18)31-3/h4-10,13,19,22H,11-12,14-16H2,1-3H3,(H,25,30). The number of ether oxygens (including phenoxy) is 1. The molecule has 0 radical (unpaired) electrons. The minimum Gasteiger partial charge on any atom is -0.497 e. The predicted molar refractivity (Wildman–Crippen MR) is 120 cm³/mol. The third kappa shape index (κ3) is 4.51. The number of fused-ring (bicyclic) bond motifs is 1. The molecule has 0 bridgehead atoms. The Bertz CT molecular complexity index is 955. The number of carbonyl (C=O) groups is 2. The average molecular weight is 423 g/mol. The molecule has 2 aliphatic rings. The maximum Gasteiger partial charge on any atom is 0.321 e. The summed E-state index contributed by atoms with van der Waals surface area (Å²) in [5.74, 6) is 0.832. The zero-order valence-electron chi connectivity index (χ0n) is 18.4. The zero-order chi connectivity index (χ0) is 22.0. The van der Waals surface area contributed by atoms with Gasteiger partial charge in [-0.25, -0.2) is 4.79 Å². The summed E-state index contributed by atoms with van der Waals surface area (Å²) in [5.41, 5.74) is 3.28. The maximum atomic E-state index is 12.7. The number of methoxy groups -OCH3 is 1. The van der Waals surface area contributed by atoms with Gasteiger partial charge in [0, 0.05) is 64.0 Å². The van der Waals surface area contributed by atoms with Crippen molar-refractivity contribution in [1.82, 2.24) is 14.7 Å². The van der Waals surface area contributed by atoms with E-state index in [4.69, 9.17) is 4.74 Å². The number of benzene rings is 2. The molecule has 2 aromatic carbocycles. The first-order valence-electron chi connectivity index (χ1n) is 10.7. The third-order valence-electron chi connectivity index (χ3n) is 6.26. The second kappa shape index (κ2) is 8.98. The Kier molecular flexibility index (Phi) is 6.13. The first-order valence-corrected chi connectivity index (χ1v) is 10.7. The molecule has 1 saturated heterocycles. The number of rotatable bonds is 5. The highest BCUT2D eigenvalue weighted by atomic mass is 16.5. The number of carbonyl (C=O) groups excluding carboxylic acids is 2. The molecule has 3 amide bonds. The van der Waals surface area contributed by atoms with Crippen LogP contribution < -0.4 is 10.1 Å². The molecule has 1 atom stereocenters. The van der Waals surface area contributed by atoms with E-state index >= 15 is 0 Å². The number of nitrogens with zero attached hydrogens (tertiary/aromatic N) is 3. The summed E-state index contributed by atoms with van der Waals surface area (Å²) in [5, 5.41) is 2.94. The van der Waals surface area contributed by atoms with Gasteiger partial charge in [0.25, 0.3) is 0 Å². The number of nitrogens with one attached hydrogen (secondary N) is 1. The van der Waals surface area contributed by atoms with Crippen molar-refractivity contribution in [3.63, 3.8) is 0 Å². The molecule has 1 N–H and O–H groups in total. The molecular formula is C24H30N4O3. The summed E-state index contributed by atoms with van der Waals surface area (Å²) in [6, 6.07) is 16.0. The van der Waals surface area contributed by atoms with E-state index in [-0.39, 0.29) is 24.0 Å². The number of amides is 3. The van der Waals surface area contributed by atoms with Crippen molar-refractivity contribution in [1.29, 1.82) is 0 Å². The molecule has 2 aliphatic heterocycles. The molecular weight excluding hydrogens is 392 g/mol. The van der Waals surface area contributed by atoms with E-state index in [0.717, 1.165) is 13.0 Å². The van der Waals surface area contributed by atoms with Gasteiger partial charge in [0.2, 0.25) is 5.91 Å². The first-order chi connectivity index (χ1) is 15.0. The Balaban J connectivity index is 1.42. The van der Waals surface area contributed by atoms with Crippen molar-refractivity contribution in [3.05, 3.63) is 59.7 Å². The lowest BCUT2D eigenvalue weighted by Gasteiger charge is -2.50. The lowest BCUT2D eigenvalue weighted by atomic mass is 9.88. The molecule has 0 saturated carbocycles. The van der Waals surface area contributed by atoms with Crippen LogP contribution >= 0.6 is 0 Å². The SMILES string of the molecule is COc1cccc(NC(=O)N2CC(N3CCc4ccccc4C3CC(=O)N(C)C)C2)c1. The molecule has 7 nitrogen and oxygen atoms in total. The molecule has 1 unspecified atom stereocenters. The van der Waals surface area contributed by atoms with Crippen LogP contribution in [0.15, 0.2) is 48.5 Å². The fourth-order valence-electron chi connectivity index (χ4n) is 4.42. The monoisotopic (exact) mass is 422 g/mol. The highest BCUT2D eigenvalue weighted by Gasteiger charge is 2.41. The lowest BCUT2D eigenvalue weighted by molar-refractivity contribution is -0.130. The lowest BCUT2D eigenvalue weighted by Crippen LogP contribution is -2.63. The van der Waals surface area contributed by atoms with Crippen molar-refractivity contribution in [3.8, 4) is 5.75 Å². The zero-order valence-corrected chi connectivity index (χ0v) is 18.4. The van der Waals surface area contributed by atoms with Crippen LogP contribution in [0.2, 0.25) is 0 Å². The van der Waals surface area contributed by atoms with Gasteiger partial charge < -0.3 is 19.9 Å². The van der Waals surface area contributed by atoms with E-state index < -0.39 is 0 Å². The van der Waals surface area contributed by atoms with Crippen molar-refractivity contribution < 1.29 is 14.3 Å². The van der Waals surface area contributed by atoms with Gasteiger partial charge in [-0.1, -0.05) is 30.3 Å². The molecule has 2 heterocycles. The molecule has 7 heteroatoms. The molecule has 0 aliphatic carbocycles. The predicted octanol–water partition coefficient (Wildman–Crippen LogP) is 2.99. The van der Waals surface area contributed by atoms with Crippen LogP contribution in [0.25, 0.3) is 0 Å². The van der Waals surface area contributed by atoms with Crippen molar-refractivity contribution in [2.75, 3.05) is 46.2 Å². The Hall–Kier alpha value is -3.06. The minimum atomic E-state index is -0.108. The van der Waals surface area contributed by atoms with E-state index in [1.54, 1.807) is 32.2 Å². The fourth-order valence-corrected chi connectivity index (χ4v) is 4.42. The normalized spacial score (nSPS) is 18.7. The summed E-state index contributed by atoms with van der Waals surface area (Å²) < 4.78 is 5.22. The molecule has 31 heavy (non-hydrogen) atoms. The van der Waals surface area contributed by atoms with Crippen LogP contribution in [0.3, 0.4) is 0 Å². The van der Waals surface area contributed by atoms with Gasteiger partial charge >= 0.3 is 6.03 Å². The van der Waals surface area contributed by atoms with Crippen LogP contribution in [-0.4, -0.2) is 73.5 Å². The smallest absolute Gasteiger partial charge is 0.321 e. The Morgan fingerprint density at radius 1 is 1.13 bits per heavy atom. The van der Waals surface area contributed by atoms with Gasteiger partial charge in [-0.2, -0.15) is 0 Å². The van der Waals surface area contributed by atoms with Crippen molar-refractivity contribution in [2.45, 2.75) is 24.9 Å². The Morgan fingerprint density at radius 2 is 1.90 bits per heavy atom. The van der Waals surface area contributed by atoms with Gasteiger partial charge in [0.15, 0.2) is 0 Å². The van der Waals surface area contributed by atoms with E-state index in [0.29, 0.717) is 30.9 Å². The van der Waals surface area contributed by atoms with Gasteiger partial charge in [-0.15, -0.1) is 0 Å². The number of hydrogen-bond donors (Lipinski definition) is 1. The average Bonchev–Trinajstić information content (AvgIpc) is 2.74. The minimum absolute atomic E-state index is 0.0495. The summed E-state index contributed by atoms with van der Waals surface area (Å²) in [4.78, 5) is 31.1. The topological polar surface area (TPSA) is 65.1 Å². The van der Waals surface area contributed by atoms with Crippen molar-refractivity contribution >= 4 is 17.6 Å². The van der Waals surface area contributed by atoms with E-state index in [1.807, 2.05) is 29.2 Å². The highest BCUT2D eigenvalue weighted by Crippen LogP contribution is 2.36. The van der Waals surface area contributed by atoms with Crippen LogP contribution in [0.1, 0.15) is 23.6 Å². The second-order valence-electron chi connectivity index (χ2n) is 8.42. The molecule has 2 aromatic rings. The van der Waals surface area contributed by atoms with Crippen molar-refractivity contribution in [2.24, 2.45) is 0 Å². The molecule has 0 aromatic heterocycles. The quantitative estimate of drug-likeness (QED) is 0.805. The molecule has 1 fully saturated rings. The van der Waals surface area contributed by atoms with E-state index in [2.05, 4.69) is 28.4 Å². The summed E-state index contributed by atoms with van der Waals surface area (Å²) >= 11 is 0. The molecule has 164 valence electrons. The summed E-state index contributed by atoms with van der Waals surface area (Å²) in [7, 11) is 5.21. The van der Waals surface area contributed by atoms with Gasteiger partial charge in [-0.05, 0) is 29.7 Å². The third-order valence-corrected chi connectivity index (χ3v) is 6.26. The summed E-state index contributed by atoms with van der Waals surface area (Å²) in [6.07, 6.45) is 1.42.